The van der Waals surface area contributed by atoms with E-state index in [0.29, 0.717) is 11.3 Å². The Labute approximate surface area is 221 Å². The molecule has 0 aliphatic heterocycles. The molecule has 1 aromatic heterocycles. The molecule has 0 radical (unpaired) electrons. The first-order valence-electron chi connectivity index (χ1n) is 11.7. The van der Waals surface area contributed by atoms with E-state index < -0.39 is 47.7 Å². The van der Waals surface area contributed by atoms with Gasteiger partial charge in [-0.15, -0.1) is 13.2 Å². The highest BCUT2D eigenvalue weighted by molar-refractivity contribution is 6.38. The van der Waals surface area contributed by atoms with Crippen molar-refractivity contribution in [2.24, 2.45) is 0 Å². The Kier molecular flexibility index (Phi) is 9.74. The van der Waals surface area contributed by atoms with Gasteiger partial charge in [0.25, 0.3) is 11.8 Å². The molecule has 3 amide bonds. The van der Waals surface area contributed by atoms with E-state index in [2.05, 4.69) is 25.7 Å². The standard InChI is InChI=1S/C27H25F3N4O5/c1-17(33-25(37)19-10-7-12-21(15-19)39-27(28,29)30)24(36)34-22(14-18-8-3-2-4-9-18)23(35)26(38)32-16-20-11-5-6-13-31-20/h2-13,15,17,22H,14,16H2,1H3,(H,32,38)(H,33,37)(H,34,36)/t17-,22-/m1/s1. The Morgan fingerprint density at radius 3 is 2.31 bits per heavy atom. The lowest BCUT2D eigenvalue weighted by molar-refractivity contribution is -0.274. The molecule has 2 aromatic carbocycles. The normalized spacial score (nSPS) is 12.5. The van der Waals surface area contributed by atoms with E-state index in [1.165, 1.54) is 25.3 Å². The number of carbonyl (C=O) groups excluding carboxylic acids is 4. The number of rotatable bonds is 11. The zero-order valence-electron chi connectivity index (χ0n) is 20.7. The summed E-state index contributed by atoms with van der Waals surface area (Å²) in [5.41, 5.74) is 1.03. The second-order valence-electron chi connectivity index (χ2n) is 8.39. The molecule has 3 N–H and O–H groups in total. The van der Waals surface area contributed by atoms with Gasteiger partial charge >= 0.3 is 6.36 Å². The molecule has 3 aromatic rings. The van der Waals surface area contributed by atoms with Crippen molar-refractivity contribution in [1.82, 2.24) is 20.9 Å². The third-order valence-corrected chi connectivity index (χ3v) is 5.37. The smallest absolute Gasteiger partial charge is 0.406 e. The number of nitrogens with one attached hydrogen (secondary N) is 3. The van der Waals surface area contributed by atoms with Crippen molar-refractivity contribution in [2.45, 2.75) is 38.3 Å². The average Bonchev–Trinajstić information content (AvgIpc) is 2.91. The highest BCUT2D eigenvalue weighted by atomic mass is 19.4. The summed E-state index contributed by atoms with van der Waals surface area (Å²) in [6.07, 6.45) is -3.40. The number of aromatic nitrogens is 1. The lowest BCUT2D eigenvalue weighted by Crippen LogP contribution is -2.53. The highest BCUT2D eigenvalue weighted by Gasteiger charge is 2.32. The van der Waals surface area contributed by atoms with Gasteiger partial charge < -0.3 is 20.7 Å². The van der Waals surface area contributed by atoms with Crippen LogP contribution in [0.1, 0.15) is 28.5 Å². The summed E-state index contributed by atoms with van der Waals surface area (Å²) in [6.45, 7) is 1.33. The van der Waals surface area contributed by atoms with Crippen LogP contribution in [-0.2, 0) is 27.3 Å². The Morgan fingerprint density at radius 1 is 0.923 bits per heavy atom. The molecule has 1 heterocycles. The minimum atomic E-state index is -4.94. The van der Waals surface area contributed by atoms with Crippen LogP contribution >= 0.6 is 0 Å². The SMILES string of the molecule is C[C@@H](NC(=O)c1cccc(OC(F)(F)F)c1)C(=O)N[C@H](Cc1ccccc1)C(=O)C(=O)NCc1ccccn1. The van der Waals surface area contributed by atoms with Gasteiger partial charge in [0.2, 0.25) is 11.7 Å². The van der Waals surface area contributed by atoms with E-state index in [-0.39, 0.29) is 18.5 Å². The fourth-order valence-corrected chi connectivity index (χ4v) is 3.45. The zero-order valence-corrected chi connectivity index (χ0v) is 20.7. The molecule has 0 bridgehead atoms. The minimum Gasteiger partial charge on any atom is -0.406 e. The number of halogens is 3. The first-order chi connectivity index (χ1) is 18.5. The van der Waals surface area contributed by atoms with Crippen molar-refractivity contribution in [1.29, 1.82) is 0 Å². The van der Waals surface area contributed by atoms with Gasteiger partial charge in [-0.3, -0.25) is 24.2 Å². The predicted octanol–water partition coefficient (Wildman–Crippen LogP) is 2.71. The van der Waals surface area contributed by atoms with E-state index in [1.54, 1.807) is 48.5 Å². The van der Waals surface area contributed by atoms with Gasteiger partial charge in [-0.2, -0.15) is 0 Å². The van der Waals surface area contributed by atoms with Gasteiger partial charge in [-0.25, -0.2) is 0 Å². The summed E-state index contributed by atoms with van der Waals surface area (Å²) in [6, 6.07) is 15.7. The van der Waals surface area contributed by atoms with Crippen LogP contribution < -0.4 is 20.7 Å². The van der Waals surface area contributed by atoms with Crippen LogP contribution in [0.4, 0.5) is 13.2 Å². The molecule has 0 unspecified atom stereocenters. The summed E-state index contributed by atoms with van der Waals surface area (Å²) < 4.78 is 41.3. The molecule has 12 heteroatoms. The topological polar surface area (TPSA) is 126 Å². The van der Waals surface area contributed by atoms with Crippen molar-refractivity contribution in [3.63, 3.8) is 0 Å². The van der Waals surface area contributed by atoms with Crippen molar-refractivity contribution in [2.75, 3.05) is 0 Å². The molecule has 9 nitrogen and oxygen atoms in total. The average molecular weight is 543 g/mol. The Balaban J connectivity index is 1.67. The van der Waals surface area contributed by atoms with Gasteiger partial charge in [0.1, 0.15) is 17.8 Å². The number of carbonyl (C=O) groups is 4. The summed E-state index contributed by atoms with van der Waals surface area (Å²) >= 11 is 0. The summed E-state index contributed by atoms with van der Waals surface area (Å²) in [5, 5.41) is 7.33. The molecule has 0 spiro atoms. The number of amides is 3. The molecular weight excluding hydrogens is 517 g/mol. The van der Waals surface area contributed by atoms with Gasteiger partial charge in [0.15, 0.2) is 0 Å². The third-order valence-electron chi connectivity index (χ3n) is 5.37. The molecule has 204 valence electrons. The number of alkyl halides is 3. The largest absolute Gasteiger partial charge is 0.573 e. The van der Waals surface area contributed by atoms with Crippen LogP contribution in [0, 0.1) is 0 Å². The number of pyridine rings is 1. The minimum absolute atomic E-state index is 0.0000861. The number of nitrogens with zero attached hydrogens (tertiary/aromatic N) is 1. The Hall–Kier alpha value is -4.74. The summed E-state index contributed by atoms with van der Waals surface area (Å²) in [4.78, 5) is 55.1. The van der Waals surface area contributed by atoms with E-state index >= 15 is 0 Å². The van der Waals surface area contributed by atoms with Gasteiger partial charge in [0, 0.05) is 18.2 Å². The van der Waals surface area contributed by atoms with E-state index in [1.807, 2.05) is 0 Å². The Bertz CT molecular complexity index is 1300. The van der Waals surface area contributed by atoms with Crippen LogP contribution in [0.25, 0.3) is 0 Å². The number of hydrogen-bond acceptors (Lipinski definition) is 6. The first kappa shape index (κ1) is 28.8. The summed E-state index contributed by atoms with van der Waals surface area (Å²) in [7, 11) is 0. The molecule has 0 saturated heterocycles. The molecule has 0 saturated carbocycles. The number of benzene rings is 2. The molecule has 0 fully saturated rings. The van der Waals surface area contributed by atoms with Crippen molar-refractivity contribution >= 4 is 23.5 Å². The molecule has 2 atom stereocenters. The number of ketones is 1. The lowest BCUT2D eigenvalue weighted by Gasteiger charge is -2.21. The van der Waals surface area contributed by atoms with Crippen LogP contribution in [0.2, 0.25) is 0 Å². The van der Waals surface area contributed by atoms with Gasteiger partial charge in [-0.1, -0.05) is 42.5 Å². The van der Waals surface area contributed by atoms with Crippen molar-refractivity contribution in [3.8, 4) is 5.75 Å². The number of hydrogen-bond donors (Lipinski definition) is 3. The first-order valence-corrected chi connectivity index (χ1v) is 11.7. The highest BCUT2D eigenvalue weighted by Crippen LogP contribution is 2.23. The van der Waals surface area contributed by atoms with Crippen molar-refractivity contribution in [3.05, 3.63) is 95.8 Å². The molecule has 3 rings (SSSR count). The fourth-order valence-electron chi connectivity index (χ4n) is 3.45. The Morgan fingerprint density at radius 2 is 1.64 bits per heavy atom. The lowest BCUT2D eigenvalue weighted by atomic mass is 10.0. The van der Waals surface area contributed by atoms with E-state index in [4.69, 9.17) is 0 Å². The molecule has 0 aliphatic carbocycles. The van der Waals surface area contributed by atoms with Gasteiger partial charge in [-0.05, 0) is 42.8 Å². The third kappa shape index (κ3) is 9.26. The fraction of sp³-hybridized carbons (Fsp3) is 0.222. The summed E-state index contributed by atoms with van der Waals surface area (Å²) in [5.74, 6) is -4.06. The second kappa shape index (κ2) is 13.2. The number of ether oxygens (including phenoxy) is 1. The zero-order chi connectivity index (χ0) is 28.4. The van der Waals surface area contributed by atoms with Gasteiger partial charge in [0.05, 0.1) is 12.2 Å². The molecule has 39 heavy (non-hydrogen) atoms. The van der Waals surface area contributed by atoms with Crippen LogP contribution in [0.5, 0.6) is 5.75 Å². The maximum absolute atomic E-state index is 13.0. The van der Waals surface area contributed by atoms with E-state index in [0.717, 1.165) is 12.1 Å². The van der Waals surface area contributed by atoms with Crippen LogP contribution in [0.3, 0.4) is 0 Å². The monoisotopic (exact) mass is 542 g/mol. The predicted molar refractivity (Wildman–Crippen MR) is 133 cm³/mol. The van der Waals surface area contributed by atoms with Crippen molar-refractivity contribution < 1.29 is 37.1 Å². The van der Waals surface area contributed by atoms with E-state index in [9.17, 15) is 32.3 Å². The molecular formula is C27H25F3N4O5. The quantitative estimate of drug-likeness (QED) is 0.320. The van der Waals surface area contributed by atoms with Crippen LogP contribution in [0.15, 0.2) is 79.0 Å². The maximum atomic E-state index is 13.0. The second-order valence-corrected chi connectivity index (χ2v) is 8.39. The number of Topliss-reactive ketones (excluding diaryl/α,β-unsaturated/α-hetero) is 1. The molecule has 0 aliphatic rings. The van der Waals surface area contributed by atoms with Crippen LogP contribution in [-0.4, -0.2) is 46.9 Å². The maximum Gasteiger partial charge on any atom is 0.573 e.